The van der Waals surface area contributed by atoms with Crippen LogP contribution in [-0.2, 0) is 14.8 Å². The topological polar surface area (TPSA) is 83.5 Å². The van der Waals surface area contributed by atoms with E-state index in [0.717, 1.165) is 11.3 Å². The summed E-state index contributed by atoms with van der Waals surface area (Å²) in [6, 6.07) is 11.0. The van der Waals surface area contributed by atoms with E-state index in [2.05, 4.69) is 4.72 Å². The van der Waals surface area contributed by atoms with Crippen LogP contribution in [0.5, 0.6) is 0 Å². The van der Waals surface area contributed by atoms with E-state index in [9.17, 15) is 13.2 Å². The van der Waals surface area contributed by atoms with Crippen LogP contribution in [-0.4, -0.2) is 19.5 Å². The van der Waals surface area contributed by atoms with Gasteiger partial charge in [0.25, 0.3) is 10.0 Å². The van der Waals surface area contributed by atoms with E-state index in [-0.39, 0.29) is 10.6 Å². The summed E-state index contributed by atoms with van der Waals surface area (Å²) in [6.07, 6.45) is -0.311. The zero-order valence-corrected chi connectivity index (χ0v) is 12.0. The molecule has 0 radical (unpaired) electrons. The summed E-state index contributed by atoms with van der Waals surface area (Å²) in [4.78, 5) is 10.9. The number of carboxylic acid groups (broad SMARTS) is 1. The highest BCUT2D eigenvalue weighted by atomic mass is 32.2. The van der Waals surface area contributed by atoms with E-state index in [4.69, 9.17) is 5.11 Å². The lowest BCUT2D eigenvalue weighted by Crippen LogP contribution is -2.29. The summed E-state index contributed by atoms with van der Waals surface area (Å²) >= 11 is 1.09. The largest absolute Gasteiger partial charge is 0.481 e. The zero-order chi connectivity index (χ0) is 14.6. The summed E-state index contributed by atoms with van der Waals surface area (Å²) in [7, 11) is -3.70. The number of thiophene rings is 1. The predicted molar refractivity (Wildman–Crippen MR) is 76.1 cm³/mol. The van der Waals surface area contributed by atoms with Gasteiger partial charge in [0.15, 0.2) is 0 Å². The summed E-state index contributed by atoms with van der Waals surface area (Å²) < 4.78 is 26.9. The van der Waals surface area contributed by atoms with Crippen molar-refractivity contribution in [1.29, 1.82) is 0 Å². The van der Waals surface area contributed by atoms with Crippen molar-refractivity contribution in [3.63, 3.8) is 0 Å². The Hall–Kier alpha value is -1.70. The smallest absolute Gasteiger partial charge is 0.305 e. The number of carbonyl (C=O) groups is 1. The maximum atomic E-state index is 12.2. The molecule has 0 aliphatic carbocycles. The van der Waals surface area contributed by atoms with Crippen LogP contribution in [0, 0.1) is 0 Å². The molecule has 20 heavy (non-hydrogen) atoms. The van der Waals surface area contributed by atoms with Gasteiger partial charge in [-0.25, -0.2) is 13.1 Å². The second-order valence-electron chi connectivity index (χ2n) is 4.11. The van der Waals surface area contributed by atoms with Crippen LogP contribution in [0.2, 0.25) is 0 Å². The predicted octanol–water partition coefficient (Wildman–Crippen LogP) is 2.24. The third-order valence-electron chi connectivity index (χ3n) is 2.64. The molecule has 0 unspecified atom stereocenters. The fourth-order valence-electron chi connectivity index (χ4n) is 1.75. The van der Waals surface area contributed by atoms with Crippen molar-refractivity contribution in [3.05, 3.63) is 53.4 Å². The number of carboxylic acids is 1. The minimum Gasteiger partial charge on any atom is -0.481 e. The number of benzene rings is 1. The Bertz CT molecular complexity index is 666. The fourth-order valence-corrected chi connectivity index (χ4v) is 3.98. The molecular formula is C13H13NO4S2. The van der Waals surface area contributed by atoms with Gasteiger partial charge < -0.3 is 5.11 Å². The molecule has 0 bridgehead atoms. The number of sulfonamides is 1. The van der Waals surface area contributed by atoms with Crippen LogP contribution < -0.4 is 4.72 Å². The van der Waals surface area contributed by atoms with Crippen molar-refractivity contribution in [1.82, 2.24) is 4.72 Å². The normalized spacial score (nSPS) is 13.0. The molecular weight excluding hydrogens is 298 g/mol. The highest BCUT2D eigenvalue weighted by molar-refractivity contribution is 7.91. The van der Waals surface area contributed by atoms with Gasteiger partial charge in [-0.05, 0) is 17.0 Å². The van der Waals surface area contributed by atoms with Gasteiger partial charge in [0.05, 0.1) is 12.5 Å². The fraction of sp³-hybridized carbons (Fsp3) is 0.154. The van der Waals surface area contributed by atoms with Gasteiger partial charge in [0.2, 0.25) is 0 Å². The van der Waals surface area contributed by atoms with E-state index in [1.807, 2.05) is 0 Å². The Morgan fingerprint density at radius 1 is 1.20 bits per heavy atom. The number of hydrogen-bond acceptors (Lipinski definition) is 4. The first-order chi connectivity index (χ1) is 9.49. The highest BCUT2D eigenvalue weighted by Crippen LogP contribution is 2.22. The minimum absolute atomic E-state index is 0.170. The molecule has 1 aromatic heterocycles. The molecule has 1 atom stereocenters. The number of rotatable bonds is 6. The molecule has 0 saturated heterocycles. The van der Waals surface area contributed by atoms with E-state index >= 15 is 0 Å². The summed E-state index contributed by atoms with van der Waals surface area (Å²) in [6.45, 7) is 0. The Morgan fingerprint density at radius 3 is 2.45 bits per heavy atom. The molecule has 2 aromatic rings. The molecule has 106 valence electrons. The lowest BCUT2D eigenvalue weighted by Gasteiger charge is -2.16. The van der Waals surface area contributed by atoms with E-state index in [0.29, 0.717) is 5.56 Å². The zero-order valence-electron chi connectivity index (χ0n) is 10.4. The number of hydrogen-bond donors (Lipinski definition) is 2. The molecule has 2 rings (SSSR count). The van der Waals surface area contributed by atoms with Gasteiger partial charge in [-0.1, -0.05) is 36.4 Å². The molecule has 5 nitrogen and oxygen atoms in total. The third-order valence-corrected chi connectivity index (χ3v) is 5.51. The first-order valence-corrected chi connectivity index (χ1v) is 8.18. The van der Waals surface area contributed by atoms with E-state index in [1.54, 1.807) is 41.8 Å². The number of aliphatic carboxylic acids is 1. The quantitative estimate of drug-likeness (QED) is 0.857. The molecule has 0 fully saturated rings. The Morgan fingerprint density at radius 2 is 1.90 bits per heavy atom. The standard InChI is InChI=1S/C13H13NO4S2/c15-12(16)9-11(10-5-2-1-3-6-10)14-20(17,18)13-7-4-8-19-13/h1-8,11,14H,9H2,(H,15,16)/t11-/m1/s1. The van der Waals surface area contributed by atoms with Crippen molar-refractivity contribution in [2.75, 3.05) is 0 Å². The van der Waals surface area contributed by atoms with Gasteiger partial charge in [-0.15, -0.1) is 11.3 Å². The minimum atomic E-state index is -3.70. The average molecular weight is 311 g/mol. The molecule has 0 aliphatic rings. The maximum absolute atomic E-state index is 12.2. The van der Waals surface area contributed by atoms with Gasteiger partial charge in [0.1, 0.15) is 4.21 Å². The van der Waals surface area contributed by atoms with Crippen molar-refractivity contribution >= 4 is 27.3 Å². The highest BCUT2D eigenvalue weighted by Gasteiger charge is 2.24. The van der Waals surface area contributed by atoms with Crippen LogP contribution >= 0.6 is 11.3 Å². The average Bonchev–Trinajstić information content (AvgIpc) is 2.93. The van der Waals surface area contributed by atoms with Crippen LogP contribution in [0.3, 0.4) is 0 Å². The molecule has 0 aliphatic heterocycles. The molecule has 0 amide bonds. The van der Waals surface area contributed by atoms with Crippen molar-refractivity contribution in [2.45, 2.75) is 16.7 Å². The monoisotopic (exact) mass is 311 g/mol. The molecule has 1 aromatic carbocycles. The lowest BCUT2D eigenvalue weighted by atomic mass is 10.1. The molecule has 7 heteroatoms. The van der Waals surface area contributed by atoms with Gasteiger partial charge >= 0.3 is 5.97 Å². The lowest BCUT2D eigenvalue weighted by molar-refractivity contribution is -0.137. The van der Waals surface area contributed by atoms with Gasteiger partial charge in [-0.2, -0.15) is 0 Å². The van der Waals surface area contributed by atoms with Gasteiger partial charge in [0, 0.05) is 0 Å². The molecule has 0 spiro atoms. The van der Waals surface area contributed by atoms with E-state index in [1.165, 1.54) is 6.07 Å². The van der Waals surface area contributed by atoms with Crippen molar-refractivity contribution in [3.8, 4) is 0 Å². The second kappa shape index (κ2) is 6.17. The SMILES string of the molecule is O=C(O)C[C@@H](NS(=O)(=O)c1cccs1)c1ccccc1. The van der Waals surface area contributed by atoms with Gasteiger partial charge in [-0.3, -0.25) is 4.79 Å². The Labute approximate surface area is 120 Å². The van der Waals surface area contributed by atoms with Crippen molar-refractivity contribution in [2.24, 2.45) is 0 Å². The Kier molecular flexibility index (Phi) is 4.53. The summed E-state index contributed by atoms with van der Waals surface area (Å²) in [5, 5.41) is 10.6. The van der Waals surface area contributed by atoms with Crippen molar-refractivity contribution < 1.29 is 18.3 Å². The molecule has 1 heterocycles. The first-order valence-electron chi connectivity index (χ1n) is 5.81. The van der Waals surface area contributed by atoms with Crippen LogP contribution in [0.15, 0.2) is 52.1 Å². The summed E-state index contributed by atoms with van der Waals surface area (Å²) in [5.41, 5.74) is 0.620. The molecule has 2 N–H and O–H groups in total. The number of nitrogens with one attached hydrogen (secondary N) is 1. The van der Waals surface area contributed by atoms with Crippen LogP contribution in [0.1, 0.15) is 18.0 Å². The summed E-state index contributed by atoms with van der Waals surface area (Å²) in [5.74, 6) is -1.06. The van der Waals surface area contributed by atoms with Crippen LogP contribution in [0.4, 0.5) is 0 Å². The maximum Gasteiger partial charge on any atom is 0.305 e. The first kappa shape index (κ1) is 14.7. The second-order valence-corrected chi connectivity index (χ2v) is 7.00. The Balaban J connectivity index is 2.27. The van der Waals surface area contributed by atoms with Crippen LogP contribution in [0.25, 0.3) is 0 Å². The van der Waals surface area contributed by atoms with E-state index < -0.39 is 22.0 Å². The third kappa shape index (κ3) is 3.66. The molecule has 0 saturated carbocycles.